The summed E-state index contributed by atoms with van der Waals surface area (Å²) in [4.78, 5) is 0. The molecule has 0 unspecified atom stereocenters. The second kappa shape index (κ2) is 5.43. The van der Waals surface area contributed by atoms with Crippen molar-refractivity contribution in [1.29, 1.82) is 0 Å². The molecule has 0 nitrogen and oxygen atoms in total. The fourth-order valence-corrected chi connectivity index (χ4v) is 1.44. The summed E-state index contributed by atoms with van der Waals surface area (Å²) in [6.45, 7) is 8.19. The van der Waals surface area contributed by atoms with Crippen molar-refractivity contribution >= 4 is 0 Å². The molecule has 0 heteroatoms. The van der Waals surface area contributed by atoms with E-state index in [0.29, 0.717) is 5.92 Å². The van der Waals surface area contributed by atoms with Crippen LogP contribution in [0.15, 0.2) is 54.6 Å². The first-order valence-electron chi connectivity index (χ1n) is 5.09. The van der Waals surface area contributed by atoms with E-state index in [1.54, 1.807) is 0 Å². The highest BCUT2D eigenvalue weighted by Gasteiger charge is 2.02. The minimum atomic E-state index is 0.591. The Morgan fingerprint density at radius 1 is 1.29 bits per heavy atom. The van der Waals surface area contributed by atoms with Gasteiger partial charge in [-0.3, -0.25) is 0 Å². The quantitative estimate of drug-likeness (QED) is 0.623. The van der Waals surface area contributed by atoms with Gasteiger partial charge < -0.3 is 0 Å². The summed E-state index contributed by atoms with van der Waals surface area (Å²) in [5, 5.41) is 0. The lowest BCUT2D eigenvalue weighted by Gasteiger charge is -2.10. The number of allylic oxidation sites excluding steroid dienone is 3. The van der Waals surface area contributed by atoms with Crippen LogP contribution in [-0.2, 0) is 6.42 Å². The minimum Gasteiger partial charge on any atom is -0.0991 e. The summed E-state index contributed by atoms with van der Waals surface area (Å²) in [7, 11) is 0. The van der Waals surface area contributed by atoms with Crippen LogP contribution in [0.2, 0.25) is 0 Å². The zero-order valence-electron chi connectivity index (χ0n) is 9.03. The molecule has 0 heterocycles. The van der Waals surface area contributed by atoms with Crippen molar-refractivity contribution in [1.82, 2.24) is 0 Å². The summed E-state index contributed by atoms with van der Waals surface area (Å²) in [5.74, 6) is 0.591. The van der Waals surface area contributed by atoms with Gasteiger partial charge in [-0.2, -0.15) is 0 Å². The molecular formula is C14H18. The van der Waals surface area contributed by atoms with Crippen molar-refractivity contribution < 1.29 is 0 Å². The molecule has 0 bridgehead atoms. The summed E-state index contributed by atoms with van der Waals surface area (Å²) in [6, 6.07) is 10.6. The maximum absolute atomic E-state index is 3.75. The van der Waals surface area contributed by atoms with Gasteiger partial charge in [0.2, 0.25) is 0 Å². The lowest BCUT2D eigenvalue weighted by atomic mass is 9.95. The molecule has 74 valence electrons. The van der Waals surface area contributed by atoms with Crippen LogP contribution in [0.1, 0.15) is 19.4 Å². The van der Waals surface area contributed by atoms with Gasteiger partial charge in [-0.05, 0) is 17.9 Å². The Kier molecular flexibility index (Phi) is 4.18. The topological polar surface area (TPSA) is 0 Å². The van der Waals surface area contributed by atoms with Crippen molar-refractivity contribution in [3.05, 3.63) is 60.2 Å². The molecule has 0 N–H and O–H groups in total. The molecule has 0 aliphatic carbocycles. The molecule has 1 aromatic carbocycles. The standard InChI is InChI=1S/C14H18/c1-4-8-14(12(2)3)11-13-9-6-5-7-10-13/h4-10,12H,1,11H2,2-3H3/b14-8+. The molecule has 0 fully saturated rings. The van der Waals surface area contributed by atoms with E-state index in [4.69, 9.17) is 0 Å². The third-order valence-electron chi connectivity index (χ3n) is 2.32. The van der Waals surface area contributed by atoms with Crippen molar-refractivity contribution in [3.63, 3.8) is 0 Å². The lowest BCUT2D eigenvalue weighted by Crippen LogP contribution is -1.98. The Balaban J connectivity index is 2.75. The van der Waals surface area contributed by atoms with Gasteiger partial charge in [-0.25, -0.2) is 0 Å². The number of hydrogen-bond donors (Lipinski definition) is 0. The second-order valence-corrected chi connectivity index (χ2v) is 3.79. The van der Waals surface area contributed by atoms with Gasteiger partial charge in [0.1, 0.15) is 0 Å². The zero-order chi connectivity index (χ0) is 10.4. The van der Waals surface area contributed by atoms with Gasteiger partial charge in [0.15, 0.2) is 0 Å². The first-order chi connectivity index (χ1) is 6.74. The Morgan fingerprint density at radius 2 is 1.93 bits per heavy atom. The van der Waals surface area contributed by atoms with Gasteiger partial charge in [0.25, 0.3) is 0 Å². The molecule has 0 aromatic heterocycles. The first kappa shape index (κ1) is 10.8. The van der Waals surface area contributed by atoms with Crippen LogP contribution in [0, 0.1) is 5.92 Å². The molecule has 0 aliphatic rings. The molecule has 0 aliphatic heterocycles. The number of hydrogen-bond acceptors (Lipinski definition) is 0. The average Bonchev–Trinajstić information content (AvgIpc) is 2.18. The predicted molar refractivity (Wildman–Crippen MR) is 63.3 cm³/mol. The summed E-state index contributed by atoms with van der Waals surface area (Å²) < 4.78 is 0. The summed E-state index contributed by atoms with van der Waals surface area (Å²) >= 11 is 0. The van der Waals surface area contributed by atoms with Crippen LogP contribution >= 0.6 is 0 Å². The van der Waals surface area contributed by atoms with Crippen LogP contribution < -0.4 is 0 Å². The predicted octanol–water partition coefficient (Wildman–Crippen LogP) is 4.00. The smallest absolute Gasteiger partial charge is 0.00614 e. The van der Waals surface area contributed by atoms with Crippen LogP contribution in [0.25, 0.3) is 0 Å². The van der Waals surface area contributed by atoms with E-state index in [9.17, 15) is 0 Å². The van der Waals surface area contributed by atoms with Gasteiger partial charge in [0, 0.05) is 0 Å². The van der Waals surface area contributed by atoms with E-state index >= 15 is 0 Å². The Hall–Kier alpha value is -1.30. The highest BCUT2D eigenvalue weighted by Crippen LogP contribution is 2.15. The summed E-state index contributed by atoms with van der Waals surface area (Å²) in [6.07, 6.45) is 5.03. The monoisotopic (exact) mass is 186 g/mol. The second-order valence-electron chi connectivity index (χ2n) is 3.79. The highest BCUT2D eigenvalue weighted by molar-refractivity contribution is 5.24. The van der Waals surface area contributed by atoms with E-state index in [-0.39, 0.29) is 0 Å². The highest BCUT2D eigenvalue weighted by atomic mass is 14.1. The minimum absolute atomic E-state index is 0.591. The average molecular weight is 186 g/mol. The largest absolute Gasteiger partial charge is 0.0991 e. The molecule has 14 heavy (non-hydrogen) atoms. The van der Waals surface area contributed by atoms with Gasteiger partial charge in [-0.15, -0.1) is 0 Å². The first-order valence-corrected chi connectivity index (χ1v) is 5.09. The van der Waals surface area contributed by atoms with Crippen molar-refractivity contribution in [2.75, 3.05) is 0 Å². The Bertz CT molecular complexity index is 304. The van der Waals surface area contributed by atoms with E-state index < -0.39 is 0 Å². The van der Waals surface area contributed by atoms with Crippen LogP contribution in [-0.4, -0.2) is 0 Å². The van der Waals surface area contributed by atoms with Crippen LogP contribution in [0.5, 0.6) is 0 Å². The zero-order valence-corrected chi connectivity index (χ0v) is 9.03. The number of benzene rings is 1. The van der Waals surface area contributed by atoms with Crippen molar-refractivity contribution in [3.8, 4) is 0 Å². The lowest BCUT2D eigenvalue weighted by molar-refractivity contribution is 0.741. The molecule has 1 aromatic rings. The third kappa shape index (κ3) is 3.21. The molecule has 0 saturated carbocycles. The molecule has 0 amide bonds. The fourth-order valence-electron chi connectivity index (χ4n) is 1.44. The van der Waals surface area contributed by atoms with E-state index in [2.05, 4.69) is 56.8 Å². The molecule has 0 radical (unpaired) electrons. The molecule has 0 atom stereocenters. The molecular weight excluding hydrogens is 168 g/mol. The Morgan fingerprint density at radius 3 is 2.43 bits per heavy atom. The SMILES string of the molecule is C=C/C=C(\Cc1ccccc1)C(C)C. The van der Waals surface area contributed by atoms with E-state index in [1.165, 1.54) is 11.1 Å². The van der Waals surface area contributed by atoms with Crippen LogP contribution in [0.4, 0.5) is 0 Å². The van der Waals surface area contributed by atoms with Crippen molar-refractivity contribution in [2.45, 2.75) is 20.3 Å². The van der Waals surface area contributed by atoms with Crippen molar-refractivity contribution in [2.24, 2.45) is 5.92 Å². The maximum Gasteiger partial charge on any atom is -0.00614 e. The van der Waals surface area contributed by atoms with Gasteiger partial charge in [-0.1, -0.05) is 68.5 Å². The molecule has 0 spiro atoms. The van der Waals surface area contributed by atoms with Crippen LogP contribution in [0.3, 0.4) is 0 Å². The fraction of sp³-hybridized carbons (Fsp3) is 0.286. The normalized spacial score (nSPS) is 11.8. The number of rotatable bonds is 4. The van der Waals surface area contributed by atoms with E-state index in [0.717, 1.165) is 6.42 Å². The molecule has 0 saturated heterocycles. The van der Waals surface area contributed by atoms with Gasteiger partial charge in [0.05, 0.1) is 0 Å². The third-order valence-corrected chi connectivity index (χ3v) is 2.32. The van der Waals surface area contributed by atoms with Gasteiger partial charge >= 0.3 is 0 Å². The molecule has 1 rings (SSSR count). The Labute approximate surface area is 87.0 Å². The summed E-state index contributed by atoms with van der Waals surface area (Å²) in [5.41, 5.74) is 2.81. The van der Waals surface area contributed by atoms with E-state index in [1.807, 2.05) is 6.08 Å². The maximum atomic E-state index is 3.75.